The zero-order chi connectivity index (χ0) is 14.9. The van der Waals surface area contributed by atoms with Crippen molar-refractivity contribution in [1.82, 2.24) is 0 Å². The number of urea groups is 1. The van der Waals surface area contributed by atoms with E-state index in [2.05, 4.69) is 17.3 Å². The molecule has 5 nitrogen and oxygen atoms in total. The van der Waals surface area contributed by atoms with Gasteiger partial charge in [-0.3, -0.25) is 4.79 Å². The van der Waals surface area contributed by atoms with E-state index in [1.165, 1.54) is 31.9 Å². The quantitative estimate of drug-likeness (QED) is 0.381. The maximum absolute atomic E-state index is 10.2. The van der Waals surface area contributed by atoms with Gasteiger partial charge >= 0.3 is 12.0 Å². The van der Waals surface area contributed by atoms with Crippen LogP contribution in [-0.2, 0) is 4.79 Å². The molecule has 0 aromatic rings. The summed E-state index contributed by atoms with van der Waals surface area (Å²) in [4.78, 5) is 22.9. The van der Waals surface area contributed by atoms with Gasteiger partial charge in [0.1, 0.15) is 0 Å². The number of primary amides is 1. The molecule has 0 aromatic heterocycles. The van der Waals surface area contributed by atoms with Gasteiger partial charge in [-0.15, -0.1) is 6.58 Å². The van der Waals surface area contributed by atoms with Crippen LogP contribution in [0.1, 0.15) is 58.3 Å². The van der Waals surface area contributed by atoms with Crippen LogP contribution in [-0.4, -0.2) is 23.3 Å². The lowest BCUT2D eigenvalue weighted by Gasteiger charge is -1.98. The Balaban J connectivity index is 0. The number of nitrogens with two attached hydrogens (primary N) is 1. The molecule has 0 aliphatic carbocycles. The minimum absolute atomic E-state index is 0.326. The van der Waals surface area contributed by atoms with Gasteiger partial charge in [-0.05, 0) is 26.2 Å². The first kappa shape index (κ1) is 19.7. The van der Waals surface area contributed by atoms with Crippen LogP contribution in [0.25, 0.3) is 0 Å². The lowest BCUT2D eigenvalue weighted by atomic mass is 10.1. The Bertz CT molecular complexity index is 276. The van der Waals surface area contributed by atoms with E-state index < -0.39 is 12.0 Å². The number of aliphatic carboxylic acids is 1. The average molecular weight is 270 g/mol. The summed E-state index contributed by atoms with van der Waals surface area (Å²) in [5, 5.41) is 8.38. The molecular formula is C14H26N2O3. The molecule has 19 heavy (non-hydrogen) atoms. The van der Waals surface area contributed by atoms with Crippen LogP contribution in [0, 0.1) is 0 Å². The third-order valence-corrected chi connectivity index (χ3v) is 2.31. The van der Waals surface area contributed by atoms with Gasteiger partial charge < -0.3 is 10.8 Å². The number of unbranched alkanes of at least 4 members (excludes halogenated alkanes) is 6. The summed E-state index contributed by atoms with van der Waals surface area (Å²) in [5.41, 5.74) is 4.57. The minimum atomic E-state index is -0.674. The topological polar surface area (TPSA) is 92.8 Å². The second kappa shape index (κ2) is 16.4. The third kappa shape index (κ3) is 26.1. The zero-order valence-electron chi connectivity index (χ0n) is 11.8. The van der Waals surface area contributed by atoms with Gasteiger partial charge in [0.25, 0.3) is 0 Å². The van der Waals surface area contributed by atoms with E-state index in [9.17, 15) is 9.59 Å². The summed E-state index contributed by atoms with van der Waals surface area (Å²) in [5.74, 6) is -0.674. The van der Waals surface area contributed by atoms with Crippen LogP contribution in [0.4, 0.5) is 4.79 Å². The smallest absolute Gasteiger partial charge is 0.337 e. The predicted molar refractivity (Wildman–Crippen MR) is 78.5 cm³/mol. The maximum atomic E-state index is 10.2. The van der Waals surface area contributed by atoms with Crippen molar-refractivity contribution in [1.29, 1.82) is 0 Å². The third-order valence-electron chi connectivity index (χ3n) is 2.31. The standard InChI is InChI=1S/C11H20O2.C3H6N2O/c1-2-3-4-5-6-7-8-9-10-11(12)13;1-2-5-3(4)6/h2H,1,3-10H2,(H,12,13);2H,1H3,(H2,4,6). The molecule has 0 atom stereocenters. The van der Waals surface area contributed by atoms with Crippen LogP contribution in [0.5, 0.6) is 0 Å². The zero-order valence-corrected chi connectivity index (χ0v) is 11.8. The Hall–Kier alpha value is -1.65. The highest BCUT2D eigenvalue weighted by molar-refractivity contribution is 5.81. The molecule has 0 saturated carbocycles. The molecule has 0 unspecified atom stereocenters. The summed E-state index contributed by atoms with van der Waals surface area (Å²) in [6, 6.07) is -0.641. The maximum Gasteiger partial charge on any atom is 0.337 e. The van der Waals surface area contributed by atoms with Crippen molar-refractivity contribution in [3.63, 3.8) is 0 Å². The Morgan fingerprint density at radius 3 is 2.05 bits per heavy atom. The monoisotopic (exact) mass is 270 g/mol. The molecule has 3 N–H and O–H groups in total. The Morgan fingerprint density at radius 2 is 1.68 bits per heavy atom. The van der Waals surface area contributed by atoms with Gasteiger partial charge in [0, 0.05) is 12.6 Å². The first-order valence-electron chi connectivity index (χ1n) is 6.65. The van der Waals surface area contributed by atoms with E-state index in [4.69, 9.17) is 5.11 Å². The first-order valence-corrected chi connectivity index (χ1v) is 6.65. The summed E-state index contributed by atoms with van der Waals surface area (Å²) in [7, 11) is 0. The Labute approximate surface area is 115 Å². The second-order valence-electron chi connectivity index (χ2n) is 4.07. The second-order valence-corrected chi connectivity index (χ2v) is 4.07. The van der Waals surface area contributed by atoms with Gasteiger partial charge in [-0.1, -0.05) is 31.8 Å². The Morgan fingerprint density at radius 1 is 1.16 bits per heavy atom. The summed E-state index contributed by atoms with van der Waals surface area (Å²) >= 11 is 0. The van der Waals surface area contributed by atoms with E-state index in [-0.39, 0.29) is 0 Å². The molecule has 0 aromatic carbocycles. The highest BCUT2D eigenvalue weighted by Crippen LogP contribution is 2.08. The van der Waals surface area contributed by atoms with Crippen molar-refractivity contribution < 1.29 is 14.7 Å². The van der Waals surface area contributed by atoms with E-state index in [0.29, 0.717) is 6.42 Å². The SMILES string of the molecule is C=CCCCCCCCCC(=O)O.CC=NC(N)=O. The fourth-order valence-corrected chi connectivity index (χ4v) is 1.40. The van der Waals surface area contributed by atoms with Crippen molar-refractivity contribution in [2.24, 2.45) is 10.7 Å². The number of hydrogen-bond donors (Lipinski definition) is 2. The van der Waals surface area contributed by atoms with Crippen LogP contribution in [0.3, 0.4) is 0 Å². The van der Waals surface area contributed by atoms with Gasteiger partial charge in [0.2, 0.25) is 0 Å². The Kier molecular flexibility index (Phi) is 16.9. The van der Waals surface area contributed by atoms with Gasteiger partial charge in [0.05, 0.1) is 0 Å². The largest absolute Gasteiger partial charge is 0.481 e. The lowest BCUT2D eigenvalue weighted by Crippen LogP contribution is -2.02. The number of carboxylic acid groups (broad SMARTS) is 1. The molecule has 0 saturated heterocycles. The van der Waals surface area contributed by atoms with Crippen LogP contribution in [0.2, 0.25) is 0 Å². The van der Waals surface area contributed by atoms with E-state index in [1.807, 2.05) is 6.08 Å². The molecule has 0 rings (SSSR count). The number of allylic oxidation sites excluding steroid dienone is 1. The van der Waals surface area contributed by atoms with Crippen LogP contribution in [0.15, 0.2) is 17.6 Å². The van der Waals surface area contributed by atoms with Crippen molar-refractivity contribution in [2.75, 3.05) is 0 Å². The highest BCUT2D eigenvalue weighted by atomic mass is 16.4. The summed E-state index contributed by atoms with van der Waals surface area (Å²) in [6.45, 7) is 5.29. The first-order chi connectivity index (χ1) is 9.04. The molecule has 5 heteroatoms. The molecule has 0 aliphatic rings. The molecule has 0 heterocycles. The van der Waals surface area contributed by atoms with Crippen LogP contribution < -0.4 is 5.73 Å². The number of rotatable bonds is 9. The lowest BCUT2D eigenvalue weighted by molar-refractivity contribution is -0.137. The van der Waals surface area contributed by atoms with Crippen molar-refractivity contribution in [2.45, 2.75) is 58.3 Å². The minimum Gasteiger partial charge on any atom is -0.481 e. The fourth-order valence-electron chi connectivity index (χ4n) is 1.40. The molecule has 0 fully saturated rings. The number of carbonyl (C=O) groups is 2. The van der Waals surface area contributed by atoms with E-state index in [1.54, 1.807) is 6.92 Å². The van der Waals surface area contributed by atoms with Gasteiger partial charge in [-0.2, -0.15) is 0 Å². The molecule has 0 bridgehead atoms. The van der Waals surface area contributed by atoms with Gasteiger partial charge in [-0.25, -0.2) is 9.79 Å². The van der Waals surface area contributed by atoms with E-state index >= 15 is 0 Å². The number of amides is 2. The predicted octanol–water partition coefficient (Wildman–Crippen LogP) is 3.53. The highest BCUT2D eigenvalue weighted by Gasteiger charge is 1.95. The number of aliphatic imine (C=N–C) groups is 1. The molecular weight excluding hydrogens is 244 g/mol. The van der Waals surface area contributed by atoms with Crippen molar-refractivity contribution >= 4 is 18.2 Å². The molecule has 0 radical (unpaired) electrons. The number of hydrogen-bond acceptors (Lipinski definition) is 2. The summed E-state index contributed by atoms with van der Waals surface area (Å²) in [6.07, 6.45) is 11.5. The molecule has 110 valence electrons. The van der Waals surface area contributed by atoms with Crippen molar-refractivity contribution in [3.8, 4) is 0 Å². The van der Waals surface area contributed by atoms with Gasteiger partial charge in [0.15, 0.2) is 0 Å². The number of nitrogens with zero attached hydrogens (tertiary/aromatic N) is 1. The molecule has 0 spiro atoms. The summed E-state index contributed by atoms with van der Waals surface area (Å²) < 4.78 is 0. The van der Waals surface area contributed by atoms with E-state index in [0.717, 1.165) is 19.3 Å². The van der Waals surface area contributed by atoms with Crippen molar-refractivity contribution in [3.05, 3.63) is 12.7 Å². The normalized spacial score (nSPS) is 9.74. The fraction of sp³-hybridized carbons (Fsp3) is 0.643. The molecule has 0 aliphatic heterocycles. The number of carboxylic acids is 1. The molecule has 2 amide bonds. The average Bonchev–Trinajstić information content (AvgIpc) is 2.33. The van der Waals surface area contributed by atoms with Crippen LogP contribution >= 0.6 is 0 Å². The number of carbonyl (C=O) groups excluding carboxylic acids is 1.